The topological polar surface area (TPSA) is 113 Å². The molecule has 0 aliphatic rings. The van der Waals surface area contributed by atoms with Gasteiger partial charge in [-0.05, 0) is 24.8 Å². The molecule has 9 heteroatoms. The number of rotatable bonds is 8. The van der Waals surface area contributed by atoms with Gasteiger partial charge in [-0.25, -0.2) is 17.9 Å². The Labute approximate surface area is 126 Å². The van der Waals surface area contributed by atoms with Gasteiger partial charge in [-0.15, -0.1) is 11.3 Å². The zero-order valence-corrected chi connectivity index (χ0v) is 12.9. The van der Waals surface area contributed by atoms with Crippen LogP contribution in [-0.4, -0.2) is 38.0 Å². The summed E-state index contributed by atoms with van der Waals surface area (Å²) in [6, 6.07) is 1.91. The van der Waals surface area contributed by atoms with Gasteiger partial charge in [0, 0.05) is 0 Å². The second-order valence-corrected chi connectivity index (χ2v) is 6.96. The third-order valence-electron chi connectivity index (χ3n) is 2.42. The van der Waals surface area contributed by atoms with Crippen molar-refractivity contribution in [3.8, 4) is 0 Å². The highest BCUT2D eigenvalue weighted by molar-refractivity contribution is 7.91. The molecule has 21 heavy (non-hydrogen) atoms. The summed E-state index contributed by atoms with van der Waals surface area (Å²) in [5.41, 5.74) is 0. The van der Waals surface area contributed by atoms with E-state index in [-0.39, 0.29) is 10.6 Å². The average Bonchev–Trinajstić information content (AvgIpc) is 2.96. The van der Waals surface area contributed by atoms with Crippen molar-refractivity contribution in [2.45, 2.75) is 23.6 Å². The normalized spacial score (nSPS) is 13.2. The van der Waals surface area contributed by atoms with Crippen LogP contribution in [0.1, 0.15) is 13.3 Å². The molecule has 0 spiro atoms. The second-order valence-electron chi connectivity index (χ2n) is 4.02. The van der Waals surface area contributed by atoms with Crippen LogP contribution in [0.3, 0.4) is 0 Å². The minimum atomic E-state index is -3.74. The maximum Gasteiger partial charge on any atom is 0.326 e. The maximum atomic E-state index is 11.8. The summed E-state index contributed by atoms with van der Waals surface area (Å²) >= 11 is 1.03. The number of carbonyl (C=O) groups is 2. The van der Waals surface area contributed by atoms with Gasteiger partial charge in [0.15, 0.2) is 0 Å². The van der Waals surface area contributed by atoms with E-state index in [1.807, 2.05) is 0 Å². The maximum absolute atomic E-state index is 11.8. The van der Waals surface area contributed by atoms with E-state index in [9.17, 15) is 18.0 Å². The number of hydrogen-bond donors (Lipinski definition) is 3. The lowest BCUT2D eigenvalue weighted by atomic mass is 10.2. The van der Waals surface area contributed by atoms with Crippen LogP contribution in [0.2, 0.25) is 0 Å². The van der Waals surface area contributed by atoms with E-state index in [2.05, 4.69) is 10.0 Å². The van der Waals surface area contributed by atoms with Gasteiger partial charge in [-0.3, -0.25) is 4.79 Å². The SMILES string of the molecule is C/C=C/CC(NC(=O)CNS(=O)(=O)c1cccs1)C(=O)O. The summed E-state index contributed by atoms with van der Waals surface area (Å²) in [5, 5.41) is 12.8. The fourth-order valence-electron chi connectivity index (χ4n) is 1.39. The van der Waals surface area contributed by atoms with Crippen molar-refractivity contribution in [1.82, 2.24) is 10.0 Å². The average molecular weight is 332 g/mol. The van der Waals surface area contributed by atoms with E-state index < -0.39 is 34.5 Å². The highest BCUT2D eigenvalue weighted by Gasteiger charge is 2.20. The van der Waals surface area contributed by atoms with E-state index in [1.165, 1.54) is 6.07 Å². The van der Waals surface area contributed by atoms with Crippen molar-refractivity contribution >= 4 is 33.2 Å². The Morgan fingerprint density at radius 3 is 2.71 bits per heavy atom. The van der Waals surface area contributed by atoms with Gasteiger partial charge in [-0.2, -0.15) is 0 Å². The van der Waals surface area contributed by atoms with Gasteiger partial charge in [-0.1, -0.05) is 18.2 Å². The third-order valence-corrected chi connectivity index (χ3v) is 5.22. The standard InChI is InChI=1S/C12H16N2O5S2/c1-2-3-5-9(12(16)17)14-10(15)8-13-21(18,19)11-6-4-7-20-11/h2-4,6-7,9,13H,5,8H2,1H3,(H,14,15)(H,16,17)/b3-2+. The molecule has 0 aliphatic heterocycles. The van der Waals surface area contributed by atoms with Gasteiger partial charge in [0.2, 0.25) is 5.91 Å². The first-order valence-electron chi connectivity index (χ1n) is 6.03. The summed E-state index contributed by atoms with van der Waals surface area (Å²) in [4.78, 5) is 22.6. The van der Waals surface area contributed by atoms with E-state index >= 15 is 0 Å². The van der Waals surface area contributed by atoms with Crippen LogP contribution in [0, 0.1) is 0 Å². The number of hydrogen-bond acceptors (Lipinski definition) is 5. The fourth-order valence-corrected chi connectivity index (χ4v) is 3.41. The number of sulfonamides is 1. The van der Waals surface area contributed by atoms with E-state index in [1.54, 1.807) is 30.5 Å². The number of carboxylic acid groups (broad SMARTS) is 1. The molecule has 7 nitrogen and oxygen atoms in total. The summed E-state index contributed by atoms with van der Waals surface area (Å²) in [6.07, 6.45) is 3.41. The largest absolute Gasteiger partial charge is 0.480 e. The lowest BCUT2D eigenvalue weighted by Crippen LogP contribution is -2.45. The Bertz CT molecular complexity index is 608. The summed E-state index contributed by atoms with van der Waals surface area (Å²) in [5.74, 6) is -1.88. The van der Waals surface area contributed by atoms with Crippen LogP contribution >= 0.6 is 11.3 Å². The molecule has 1 aromatic heterocycles. The van der Waals surface area contributed by atoms with Crippen molar-refractivity contribution in [2.75, 3.05) is 6.54 Å². The smallest absolute Gasteiger partial charge is 0.326 e. The monoisotopic (exact) mass is 332 g/mol. The Kier molecular flexibility index (Phi) is 6.53. The zero-order chi connectivity index (χ0) is 15.9. The molecule has 1 unspecified atom stereocenters. The highest BCUT2D eigenvalue weighted by Crippen LogP contribution is 2.14. The van der Waals surface area contributed by atoms with E-state index in [4.69, 9.17) is 5.11 Å². The molecule has 0 fully saturated rings. The molecule has 0 saturated heterocycles. The summed E-state index contributed by atoms with van der Waals surface area (Å²) in [6.45, 7) is 1.22. The molecule has 1 aromatic rings. The van der Waals surface area contributed by atoms with Crippen molar-refractivity contribution in [2.24, 2.45) is 0 Å². The van der Waals surface area contributed by atoms with Crippen molar-refractivity contribution in [3.05, 3.63) is 29.7 Å². The number of allylic oxidation sites excluding steroid dienone is 1. The number of aliphatic carboxylic acids is 1. The van der Waals surface area contributed by atoms with Gasteiger partial charge < -0.3 is 10.4 Å². The lowest BCUT2D eigenvalue weighted by Gasteiger charge is -2.12. The van der Waals surface area contributed by atoms with Gasteiger partial charge >= 0.3 is 5.97 Å². The molecule has 116 valence electrons. The number of thiophene rings is 1. The minimum Gasteiger partial charge on any atom is -0.480 e. The predicted molar refractivity (Wildman–Crippen MR) is 78.5 cm³/mol. The Morgan fingerprint density at radius 2 is 2.19 bits per heavy atom. The van der Waals surface area contributed by atoms with Crippen molar-refractivity contribution in [1.29, 1.82) is 0 Å². The van der Waals surface area contributed by atoms with E-state index in [0.717, 1.165) is 11.3 Å². The zero-order valence-electron chi connectivity index (χ0n) is 11.3. The molecule has 1 rings (SSSR count). The quantitative estimate of drug-likeness (QED) is 0.602. The number of carbonyl (C=O) groups excluding carboxylic acids is 1. The molecular weight excluding hydrogens is 316 g/mol. The lowest BCUT2D eigenvalue weighted by molar-refractivity contribution is -0.141. The van der Waals surface area contributed by atoms with Crippen molar-refractivity contribution < 1.29 is 23.1 Å². The molecule has 0 bridgehead atoms. The number of nitrogens with one attached hydrogen (secondary N) is 2. The summed E-state index contributed by atoms with van der Waals surface area (Å²) < 4.78 is 25.8. The molecule has 1 atom stereocenters. The van der Waals surface area contributed by atoms with Crippen LogP contribution in [-0.2, 0) is 19.6 Å². The van der Waals surface area contributed by atoms with Crippen LogP contribution in [0.25, 0.3) is 0 Å². The fraction of sp³-hybridized carbons (Fsp3) is 0.333. The van der Waals surface area contributed by atoms with Crippen LogP contribution in [0.4, 0.5) is 0 Å². The van der Waals surface area contributed by atoms with E-state index in [0.29, 0.717) is 0 Å². The predicted octanol–water partition coefficient (Wildman–Crippen LogP) is 0.562. The second kappa shape index (κ2) is 7.91. The first kappa shape index (κ1) is 17.3. The number of amides is 1. The van der Waals surface area contributed by atoms with Gasteiger partial charge in [0.05, 0.1) is 6.54 Å². The Morgan fingerprint density at radius 1 is 1.48 bits per heavy atom. The molecule has 0 aromatic carbocycles. The Hall–Kier alpha value is -1.71. The van der Waals surface area contributed by atoms with Crippen LogP contribution in [0.5, 0.6) is 0 Å². The number of carboxylic acids is 1. The third kappa shape index (κ3) is 5.66. The molecule has 0 saturated carbocycles. The first-order chi connectivity index (χ1) is 9.86. The van der Waals surface area contributed by atoms with Gasteiger partial charge in [0.25, 0.3) is 10.0 Å². The van der Waals surface area contributed by atoms with Crippen LogP contribution < -0.4 is 10.0 Å². The summed E-state index contributed by atoms with van der Waals surface area (Å²) in [7, 11) is -3.74. The molecular formula is C12H16N2O5S2. The molecule has 1 amide bonds. The molecule has 3 N–H and O–H groups in total. The Balaban J connectivity index is 2.55. The molecule has 0 aliphatic carbocycles. The minimum absolute atomic E-state index is 0.0963. The van der Waals surface area contributed by atoms with Crippen molar-refractivity contribution in [3.63, 3.8) is 0 Å². The van der Waals surface area contributed by atoms with Gasteiger partial charge in [0.1, 0.15) is 10.3 Å². The highest BCUT2D eigenvalue weighted by atomic mass is 32.2. The molecule has 1 heterocycles. The molecule has 0 radical (unpaired) electrons. The van der Waals surface area contributed by atoms with Crippen LogP contribution in [0.15, 0.2) is 33.9 Å². The first-order valence-corrected chi connectivity index (χ1v) is 8.39.